The van der Waals surface area contributed by atoms with Crippen molar-refractivity contribution in [3.63, 3.8) is 0 Å². The Kier molecular flexibility index (Phi) is 2.90. The number of carbonyl (C=O) groups is 2. The van der Waals surface area contributed by atoms with Gasteiger partial charge in [0.15, 0.2) is 0 Å². The van der Waals surface area contributed by atoms with Crippen LogP contribution in [0.2, 0.25) is 0 Å². The van der Waals surface area contributed by atoms with Gasteiger partial charge in [-0.05, 0) is 12.8 Å². The molecule has 0 spiro atoms. The number of amides is 1. The van der Waals surface area contributed by atoms with E-state index in [-0.39, 0.29) is 24.3 Å². The van der Waals surface area contributed by atoms with Crippen molar-refractivity contribution in [1.29, 1.82) is 0 Å². The second-order valence-corrected chi connectivity index (χ2v) is 4.13. The smallest absolute Gasteiger partial charge is 0.305 e. The van der Waals surface area contributed by atoms with Crippen molar-refractivity contribution in [3.05, 3.63) is 0 Å². The van der Waals surface area contributed by atoms with Gasteiger partial charge < -0.3 is 14.7 Å². The molecule has 2 fully saturated rings. The summed E-state index contributed by atoms with van der Waals surface area (Å²) in [7, 11) is 0. The molecule has 5 heteroatoms. The maximum absolute atomic E-state index is 11.8. The molecular formula is C10H15NO4. The fraction of sp³-hybridized carbons (Fsp3) is 0.800. The predicted octanol–water partition coefficient (Wildman–Crippen LogP) is 0.0985. The molecule has 0 aromatic rings. The highest BCUT2D eigenvalue weighted by molar-refractivity contribution is 5.82. The largest absolute Gasteiger partial charge is 0.481 e. The average molecular weight is 213 g/mol. The number of carboxylic acids is 1. The van der Waals surface area contributed by atoms with Crippen LogP contribution in [0.25, 0.3) is 0 Å². The Hall–Kier alpha value is -1.10. The second-order valence-electron chi connectivity index (χ2n) is 4.13. The van der Waals surface area contributed by atoms with Crippen molar-refractivity contribution in [3.8, 4) is 0 Å². The van der Waals surface area contributed by atoms with E-state index in [1.165, 1.54) is 0 Å². The van der Waals surface area contributed by atoms with Crippen LogP contribution in [-0.2, 0) is 14.3 Å². The Morgan fingerprint density at radius 1 is 1.40 bits per heavy atom. The van der Waals surface area contributed by atoms with Crippen molar-refractivity contribution in [2.75, 3.05) is 19.8 Å². The molecule has 1 saturated heterocycles. The van der Waals surface area contributed by atoms with Gasteiger partial charge in [0.25, 0.3) is 0 Å². The summed E-state index contributed by atoms with van der Waals surface area (Å²) in [6, 6.07) is -0.274. The third-order valence-electron chi connectivity index (χ3n) is 2.85. The van der Waals surface area contributed by atoms with Gasteiger partial charge in [-0.25, -0.2) is 0 Å². The van der Waals surface area contributed by atoms with E-state index in [1.807, 2.05) is 0 Å². The highest BCUT2D eigenvalue weighted by Crippen LogP contribution is 2.32. The number of morpholine rings is 1. The third-order valence-corrected chi connectivity index (χ3v) is 2.85. The summed E-state index contributed by atoms with van der Waals surface area (Å²) in [5.74, 6) is -0.608. The summed E-state index contributed by atoms with van der Waals surface area (Å²) in [6.07, 6.45) is 1.89. The van der Waals surface area contributed by atoms with Gasteiger partial charge in [-0.2, -0.15) is 0 Å². The molecule has 84 valence electrons. The Bertz CT molecular complexity index is 275. The van der Waals surface area contributed by atoms with Crippen LogP contribution in [0.4, 0.5) is 0 Å². The van der Waals surface area contributed by atoms with E-state index in [0.29, 0.717) is 19.8 Å². The Labute approximate surface area is 88.0 Å². The lowest BCUT2D eigenvalue weighted by Crippen LogP contribution is -2.50. The van der Waals surface area contributed by atoms with Crippen LogP contribution in [-0.4, -0.2) is 47.7 Å². The van der Waals surface area contributed by atoms with Gasteiger partial charge in [0.1, 0.15) is 0 Å². The molecule has 0 aromatic carbocycles. The highest BCUT2D eigenvalue weighted by atomic mass is 16.5. The number of rotatable bonds is 3. The van der Waals surface area contributed by atoms with Gasteiger partial charge in [-0.15, -0.1) is 0 Å². The molecule has 1 heterocycles. The molecule has 0 radical (unpaired) electrons. The number of carbonyl (C=O) groups excluding carboxylic acids is 1. The third kappa shape index (κ3) is 2.47. The summed E-state index contributed by atoms with van der Waals surface area (Å²) in [5, 5.41) is 8.73. The van der Waals surface area contributed by atoms with Crippen LogP contribution in [0.3, 0.4) is 0 Å². The van der Waals surface area contributed by atoms with E-state index in [9.17, 15) is 9.59 Å². The van der Waals surface area contributed by atoms with E-state index in [4.69, 9.17) is 9.84 Å². The van der Waals surface area contributed by atoms with E-state index >= 15 is 0 Å². The van der Waals surface area contributed by atoms with Gasteiger partial charge in [-0.1, -0.05) is 0 Å². The molecule has 1 unspecified atom stereocenters. The Balaban J connectivity index is 1.98. The molecule has 1 N–H and O–H groups in total. The van der Waals surface area contributed by atoms with Crippen LogP contribution < -0.4 is 0 Å². The fourth-order valence-corrected chi connectivity index (χ4v) is 1.88. The van der Waals surface area contributed by atoms with Crippen LogP contribution >= 0.6 is 0 Å². The Morgan fingerprint density at radius 3 is 2.73 bits per heavy atom. The molecule has 1 aliphatic carbocycles. The minimum atomic E-state index is -0.876. The molecule has 5 nitrogen and oxygen atoms in total. The highest BCUT2D eigenvalue weighted by Gasteiger charge is 2.38. The zero-order chi connectivity index (χ0) is 10.8. The first-order chi connectivity index (χ1) is 7.18. The topological polar surface area (TPSA) is 66.8 Å². The minimum absolute atomic E-state index is 0.0154. The number of hydrogen-bond donors (Lipinski definition) is 1. The number of carboxylic acid groups (broad SMARTS) is 1. The van der Waals surface area contributed by atoms with Gasteiger partial charge in [0.05, 0.1) is 25.7 Å². The maximum atomic E-state index is 11.8. The van der Waals surface area contributed by atoms with Crippen molar-refractivity contribution >= 4 is 11.9 Å². The number of aliphatic carboxylic acids is 1. The van der Waals surface area contributed by atoms with Crippen LogP contribution in [0.5, 0.6) is 0 Å². The van der Waals surface area contributed by atoms with Crippen molar-refractivity contribution < 1.29 is 19.4 Å². The van der Waals surface area contributed by atoms with Crippen molar-refractivity contribution in [2.45, 2.75) is 25.3 Å². The van der Waals surface area contributed by atoms with Gasteiger partial charge in [-0.3, -0.25) is 9.59 Å². The lowest BCUT2D eigenvalue weighted by atomic mass is 10.1. The average Bonchev–Trinajstić information content (AvgIpc) is 3.00. The maximum Gasteiger partial charge on any atom is 0.305 e. The monoisotopic (exact) mass is 213 g/mol. The van der Waals surface area contributed by atoms with E-state index in [1.54, 1.807) is 4.90 Å². The van der Waals surface area contributed by atoms with Gasteiger partial charge >= 0.3 is 5.97 Å². The molecular weight excluding hydrogens is 198 g/mol. The van der Waals surface area contributed by atoms with Crippen LogP contribution in [0, 0.1) is 5.92 Å². The van der Waals surface area contributed by atoms with Crippen molar-refractivity contribution in [2.24, 2.45) is 5.92 Å². The standard InChI is InChI=1S/C10H15NO4/c12-9(13)5-8-6-15-4-3-11(8)10(14)7-1-2-7/h7-8H,1-6H2,(H,12,13). The fourth-order valence-electron chi connectivity index (χ4n) is 1.88. The zero-order valence-corrected chi connectivity index (χ0v) is 8.52. The normalized spacial score (nSPS) is 26.4. The van der Waals surface area contributed by atoms with Gasteiger partial charge in [0.2, 0.25) is 5.91 Å². The SMILES string of the molecule is O=C(O)CC1COCCN1C(=O)C1CC1. The molecule has 2 aliphatic rings. The molecule has 2 rings (SSSR count). The summed E-state index contributed by atoms with van der Waals surface area (Å²) in [4.78, 5) is 24.1. The number of nitrogens with zero attached hydrogens (tertiary/aromatic N) is 1. The van der Waals surface area contributed by atoms with Crippen LogP contribution in [0.15, 0.2) is 0 Å². The molecule has 15 heavy (non-hydrogen) atoms. The Morgan fingerprint density at radius 2 is 2.13 bits per heavy atom. The van der Waals surface area contributed by atoms with E-state index in [2.05, 4.69) is 0 Å². The molecule has 1 atom stereocenters. The van der Waals surface area contributed by atoms with Crippen molar-refractivity contribution in [1.82, 2.24) is 4.90 Å². The molecule has 0 bridgehead atoms. The second kappa shape index (κ2) is 4.18. The molecule has 1 aliphatic heterocycles. The molecule has 1 saturated carbocycles. The van der Waals surface area contributed by atoms with Crippen LogP contribution in [0.1, 0.15) is 19.3 Å². The first-order valence-corrected chi connectivity index (χ1v) is 5.28. The zero-order valence-electron chi connectivity index (χ0n) is 8.52. The van der Waals surface area contributed by atoms with E-state index in [0.717, 1.165) is 12.8 Å². The molecule has 1 amide bonds. The summed E-state index contributed by atoms with van der Waals surface area (Å²) < 4.78 is 5.21. The summed E-state index contributed by atoms with van der Waals surface area (Å²) >= 11 is 0. The molecule has 0 aromatic heterocycles. The number of ether oxygens (including phenoxy) is 1. The minimum Gasteiger partial charge on any atom is -0.481 e. The first kappa shape index (κ1) is 10.4. The predicted molar refractivity (Wildman–Crippen MR) is 51.3 cm³/mol. The lowest BCUT2D eigenvalue weighted by Gasteiger charge is -2.35. The first-order valence-electron chi connectivity index (χ1n) is 5.28. The lowest BCUT2D eigenvalue weighted by molar-refractivity contribution is -0.147. The summed E-state index contributed by atoms with van der Waals surface area (Å²) in [5.41, 5.74) is 0. The van der Waals surface area contributed by atoms with Gasteiger partial charge in [0, 0.05) is 12.5 Å². The quantitative estimate of drug-likeness (QED) is 0.722. The number of hydrogen-bond acceptors (Lipinski definition) is 3. The van der Waals surface area contributed by atoms with E-state index < -0.39 is 5.97 Å². The summed E-state index contributed by atoms with van der Waals surface area (Å²) in [6.45, 7) is 1.41.